The average Bonchev–Trinajstić information content (AvgIpc) is 3.11. The lowest BCUT2D eigenvalue weighted by Crippen LogP contribution is -2.29. The number of pyridine rings is 2. The highest BCUT2D eigenvalue weighted by Gasteiger charge is 2.37. The zero-order valence-electron chi connectivity index (χ0n) is 15.2. The second kappa shape index (κ2) is 8.14. The van der Waals surface area contributed by atoms with E-state index in [2.05, 4.69) is 9.97 Å². The molecule has 1 aliphatic rings. The molecular formula is C19H23N3O4. The van der Waals surface area contributed by atoms with Crippen molar-refractivity contribution in [2.24, 2.45) is 5.92 Å². The molecule has 0 aromatic carbocycles. The van der Waals surface area contributed by atoms with Crippen LogP contribution < -0.4 is 9.47 Å². The van der Waals surface area contributed by atoms with E-state index in [1.165, 1.54) is 14.2 Å². The standard InChI is InChI=1S/C19H23N3O4/c1-24-12-14-10-22(11-16(14)13-6-8-20-9-7-13)19(23)15-4-5-17(25-2)21-18(15)26-3/h4-9,14,16H,10-12H2,1-3H3/t14-,16-/m0/s1. The number of amides is 1. The number of rotatable bonds is 6. The van der Waals surface area contributed by atoms with E-state index in [0.29, 0.717) is 31.1 Å². The van der Waals surface area contributed by atoms with Crippen LogP contribution in [0.5, 0.6) is 11.8 Å². The first-order valence-electron chi connectivity index (χ1n) is 8.45. The third-order valence-electron chi connectivity index (χ3n) is 4.71. The highest BCUT2D eigenvalue weighted by Crippen LogP contribution is 2.34. The fourth-order valence-electron chi connectivity index (χ4n) is 3.43. The van der Waals surface area contributed by atoms with Gasteiger partial charge in [0.15, 0.2) is 0 Å². The molecular weight excluding hydrogens is 334 g/mol. The summed E-state index contributed by atoms with van der Waals surface area (Å²) in [4.78, 5) is 23.2. The Bertz CT molecular complexity index is 754. The predicted molar refractivity (Wildman–Crippen MR) is 95.6 cm³/mol. The highest BCUT2D eigenvalue weighted by molar-refractivity contribution is 5.96. The summed E-state index contributed by atoms with van der Waals surface area (Å²) in [6.07, 6.45) is 3.56. The third kappa shape index (κ3) is 3.62. The molecule has 1 aliphatic heterocycles. The van der Waals surface area contributed by atoms with E-state index in [-0.39, 0.29) is 23.6 Å². The molecule has 2 aromatic rings. The van der Waals surface area contributed by atoms with Gasteiger partial charge < -0.3 is 19.1 Å². The number of carbonyl (C=O) groups is 1. The topological polar surface area (TPSA) is 73.8 Å². The number of ether oxygens (including phenoxy) is 3. The molecule has 0 radical (unpaired) electrons. The van der Waals surface area contributed by atoms with Crippen LogP contribution >= 0.6 is 0 Å². The molecule has 0 spiro atoms. The van der Waals surface area contributed by atoms with Gasteiger partial charge >= 0.3 is 0 Å². The zero-order valence-corrected chi connectivity index (χ0v) is 15.2. The Hall–Kier alpha value is -2.67. The van der Waals surface area contributed by atoms with E-state index in [4.69, 9.17) is 14.2 Å². The van der Waals surface area contributed by atoms with Crippen molar-refractivity contribution in [3.63, 3.8) is 0 Å². The first kappa shape index (κ1) is 18.1. The molecule has 1 fully saturated rings. The lowest BCUT2D eigenvalue weighted by Gasteiger charge is -2.18. The quantitative estimate of drug-likeness (QED) is 0.787. The van der Waals surface area contributed by atoms with Crippen LogP contribution in [0.4, 0.5) is 0 Å². The summed E-state index contributed by atoms with van der Waals surface area (Å²) in [5.41, 5.74) is 1.59. The molecule has 26 heavy (non-hydrogen) atoms. The minimum atomic E-state index is -0.102. The summed E-state index contributed by atoms with van der Waals surface area (Å²) in [6.45, 7) is 1.83. The van der Waals surface area contributed by atoms with E-state index in [1.54, 1.807) is 31.6 Å². The minimum Gasteiger partial charge on any atom is -0.481 e. The average molecular weight is 357 g/mol. The van der Waals surface area contributed by atoms with Crippen LogP contribution in [0, 0.1) is 5.92 Å². The van der Waals surface area contributed by atoms with Crippen LogP contribution in [0.1, 0.15) is 21.8 Å². The summed E-state index contributed by atoms with van der Waals surface area (Å²) in [7, 11) is 4.71. The summed E-state index contributed by atoms with van der Waals surface area (Å²) in [5.74, 6) is 1.01. The lowest BCUT2D eigenvalue weighted by molar-refractivity contribution is 0.0771. The molecule has 3 rings (SSSR count). The van der Waals surface area contributed by atoms with E-state index >= 15 is 0 Å². The largest absolute Gasteiger partial charge is 0.481 e. The highest BCUT2D eigenvalue weighted by atomic mass is 16.5. The van der Waals surface area contributed by atoms with E-state index in [1.807, 2.05) is 17.0 Å². The fraction of sp³-hybridized carbons (Fsp3) is 0.421. The van der Waals surface area contributed by atoms with E-state index < -0.39 is 0 Å². The summed E-state index contributed by atoms with van der Waals surface area (Å²) in [6, 6.07) is 7.35. The van der Waals surface area contributed by atoms with E-state index in [9.17, 15) is 4.79 Å². The number of hydrogen-bond donors (Lipinski definition) is 0. The number of carbonyl (C=O) groups excluding carboxylic acids is 1. The van der Waals surface area contributed by atoms with Crippen LogP contribution in [0.25, 0.3) is 0 Å². The van der Waals surface area contributed by atoms with Gasteiger partial charge in [0, 0.05) is 50.5 Å². The molecule has 0 saturated carbocycles. The van der Waals surface area contributed by atoms with Gasteiger partial charge in [0.1, 0.15) is 5.56 Å². The van der Waals surface area contributed by atoms with Crippen LogP contribution in [-0.2, 0) is 4.74 Å². The van der Waals surface area contributed by atoms with Gasteiger partial charge in [-0.05, 0) is 23.8 Å². The first-order valence-corrected chi connectivity index (χ1v) is 8.45. The Morgan fingerprint density at radius 2 is 1.88 bits per heavy atom. The summed E-state index contributed by atoms with van der Waals surface area (Å²) >= 11 is 0. The molecule has 0 unspecified atom stereocenters. The van der Waals surface area contributed by atoms with Crippen molar-refractivity contribution in [3.05, 3.63) is 47.8 Å². The second-order valence-corrected chi connectivity index (χ2v) is 6.22. The van der Waals surface area contributed by atoms with Crippen molar-refractivity contribution in [1.82, 2.24) is 14.9 Å². The maximum absolute atomic E-state index is 13.1. The minimum absolute atomic E-state index is 0.102. The van der Waals surface area contributed by atoms with Crippen molar-refractivity contribution in [2.45, 2.75) is 5.92 Å². The number of nitrogens with zero attached hydrogens (tertiary/aromatic N) is 3. The van der Waals surface area contributed by atoms with E-state index in [0.717, 1.165) is 5.56 Å². The third-order valence-corrected chi connectivity index (χ3v) is 4.71. The van der Waals surface area contributed by atoms with Crippen molar-refractivity contribution >= 4 is 5.91 Å². The number of aromatic nitrogens is 2. The monoisotopic (exact) mass is 357 g/mol. The van der Waals surface area contributed by atoms with Gasteiger partial charge in [-0.15, -0.1) is 0 Å². The van der Waals surface area contributed by atoms with Crippen LogP contribution in [0.3, 0.4) is 0 Å². The molecule has 7 nitrogen and oxygen atoms in total. The van der Waals surface area contributed by atoms with Gasteiger partial charge in [-0.2, -0.15) is 4.98 Å². The summed E-state index contributed by atoms with van der Waals surface area (Å²) in [5, 5.41) is 0. The Morgan fingerprint density at radius 1 is 1.12 bits per heavy atom. The van der Waals surface area contributed by atoms with Crippen molar-refractivity contribution in [3.8, 4) is 11.8 Å². The maximum Gasteiger partial charge on any atom is 0.259 e. The predicted octanol–water partition coefficient (Wildman–Crippen LogP) is 2.00. The molecule has 2 aromatic heterocycles. The Morgan fingerprint density at radius 3 is 2.54 bits per heavy atom. The van der Waals surface area contributed by atoms with Gasteiger partial charge in [-0.25, -0.2) is 0 Å². The Balaban J connectivity index is 1.84. The lowest BCUT2D eigenvalue weighted by atomic mass is 9.90. The maximum atomic E-state index is 13.1. The van der Waals surface area contributed by atoms with Crippen molar-refractivity contribution in [2.75, 3.05) is 41.0 Å². The first-order chi connectivity index (χ1) is 12.7. The molecule has 0 bridgehead atoms. The molecule has 3 heterocycles. The molecule has 1 saturated heterocycles. The van der Waals surface area contributed by atoms with Gasteiger partial charge in [0.25, 0.3) is 5.91 Å². The SMILES string of the molecule is COC[C@@H]1CN(C(=O)c2ccc(OC)nc2OC)C[C@H]1c1ccncc1. The van der Waals surface area contributed by atoms with Crippen LogP contribution in [-0.4, -0.2) is 61.8 Å². The molecule has 0 aliphatic carbocycles. The Kier molecular flexibility index (Phi) is 5.68. The zero-order chi connectivity index (χ0) is 18.5. The van der Waals surface area contributed by atoms with Crippen LogP contribution in [0.2, 0.25) is 0 Å². The second-order valence-electron chi connectivity index (χ2n) is 6.22. The molecule has 7 heteroatoms. The Labute approximate surface area is 152 Å². The normalized spacial score (nSPS) is 19.4. The van der Waals surface area contributed by atoms with Crippen molar-refractivity contribution < 1.29 is 19.0 Å². The van der Waals surface area contributed by atoms with Crippen LogP contribution in [0.15, 0.2) is 36.7 Å². The number of methoxy groups -OCH3 is 3. The van der Waals surface area contributed by atoms with Gasteiger partial charge in [-0.1, -0.05) is 0 Å². The smallest absolute Gasteiger partial charge is 0.259 e. The van der Waals surface area contributed by atoms with Gasteiger partial charge in [0.2, 0.25) is 11.8 Å². The number of hydrogen-bond acceptors (Lipinski definition) is 6. The fourth-order valence-corrected chi connectivity index (χ4v) is 3.43. The molecule has 0 N–H and O–H groups in total. The number of likely N-dealkylation sites (tertiary alicyclic amines) is 1. The summed E-state index contributed by atoms with van der Waals surface area (Å²) < 4.78 is 15.8. The van der Waals surface area contributed by atoms with Crippen molar-refractivity contribution in [1.29, 1.82) is 0 Å². The van der Waals surface area contributed by atoms with Gasteiger partial charge in [-0.3, -0.25) is 9.78 Å². The molecule has 138 valence electrons. The van der Waals surface area contributed by atoms with Gasteiger partial charge in [0.05, 0.1) is 20.8 Å². The molecule has 1 amide bonds. The molecule has 2 atom stereocenters.